The molecule has 0 bridgehead atoms. The van der Waals surface area contributed by atoms with Crippen molar-refractivity contribution in [2.75, 3.05) is 23.7 Å². The molecule has 0 aromatic heterocycles. The Balaban J connectivity index is 1.68. The number of para-hydroxylation sites is 1. The number of nitriles is 1. The lowest BCUT2D eigenvalue weighted by atomic mass is 9.80. The fourth-order valence-electron chi connectivity index (χ4n) is 6.20. The Hall–Kier alpha value is -4.07. The van der Waals surface area contributed by atoms with Crippen LogP contribution >= 0.6 is 0 Å². The van der Waals surface area contributed by atoms with Gasteiger partial charge >= 0.3 is 0 Å². The smallest absolute Gasteiger partial charge is 0.246 e. The average Bonchev–Trinajstić information content (AvgIpc) is 3.61. The zero-order valence-corrected chi connectivity index (χ0v) is 21.8. The highest BCUT2D eigenvalue weighted by Crippen LogP contribution is 2.49. The molecule has 8 nitrogen and oxygen atoms in total. The summed E-state index contributed by atoms with van der Waals surface area (Å²) < 4.78 is 101. The number of nitrogens with one attached hydrogen (secondary N) is 2. The van der Waals surface area contributed by atoms with Crippen molar-refractivity contribution in [3.63, 3.8) is 0 Å². The third kappa shape index (κ3) is 3.84. The van der Waals surface area contributed by atoms with Crippen LogP contribution in [0, 0.1) is 34.7 Å². The number of rotatable bonds is 5. The van der Waals surface area contributed by atoms with Gasteiger partial charge < -0.3 is 20.4 Å². The van der Waals surface area contributed by atoms with E-state index in [1.807, 2.05) is 11.4 Å². The quantitative estimate of drug-likeness (QED) is 0.546. The van der Waals surface area contributed by atoms with Crippen molar-refractivity contribution in [2.24, 2.45) is 5.92 Å². The van der Waals surface area contributed by atoms with E-state index in [0.717, 1.165) is 16.7 Å². The van der Waals surface area contributed by atoms with Gasteiger partial charge in [-0.1, -0.05) is 32.0 Å². The number of hydrogen-bond donors (Lipinski definition) is 2. The summed E-state index contributed by atoms with van der Waals surface area (Å²) in [5, 5.41) is 14.5. The molecule has 1 unspecified atom stereocenters. The van der Waals surface area contributed by atoms with Crippen molar-refractivity contribution >= 4 is 29.1 Å². The van der Waals surface area contributed by atoms with Crippen molar-refractivity contribution in [3.8, 4) is 6.07 Å². The molecule has 0 saturated carbocycles. The van der Waals surface area contributed by atoms with Gasteiger partial charge in [-0.15, -0.1) is 0 Å². The molecule has 2 N–H and O–H groups in total. The number of carbonyl (C=O) groups is 3. The molecule has 11 heteroatoms. The second-order valence-corrected chi connectivity index (χ2v) is 11.0. The van der Waals surface area contributed by atoms with Gasteiger partial charge in [0.1, 0.15) is 23.4 Å². The SMILES string of the molecule is [2H]c1c([2H])c([2H])c2c(c1[2H])NC(=O)[C@]21C[C@@H](C#N)N(C(=O)C(CC(C)C)N2c3c(F)c(F)cc(F)c3C[C@@]2(C)C(=O)NC([2H])([2H])[2H])C1. The number of halogens is 3. The molecule has 1 fully saturated rings. The summed E-state index contributed by atoms with van der Waals surface area (Å²) in [5.41, 5.74) is -5.50. The number of fused-ring (bicyclic) bond motifs is 3. The molecular weight excluding hydrogens is 523 g/mol. The Morgan fingerprint density at radius 1 is 1.30 bits per heavy atom. The molecule has 2 aromatic carbocycles. The first-order chi connectivity index (χ1) is 21.7. The van der Waals surface area contributed by atoms with E-state index in [0.29, 0.717) is 0 Å². The van der Waals surface area contributed by atoms with Crippen LogP contribution in [0.5, 0.6) is 0 Å². The first kappa shape index (κ1) is 19.9. The van der Waals surface area contributed by atoms with E-state index in [4.69, 9.17) is 9.60 Å². The molecule has 3 aliphatic rings. The molecule has 2 aromatic rings. The molecular formula is C29H30F3N5O3. The third-order valence-corrected chi connectivity index (χ3v) is 8.06. The molecule has 210 valence electrons. The van der Waals surface area contributed by atoms with Crippen LogP contribution in [0.15, 0.2) is 30.2 Å². The van der Waals surface area contributed by atoms with E-state index in [9.17, 15) is 24.0 Å². The molecule has 0 aliphatic carbocycles. The van der Waals surface area contributed by atoms with Gasteiger partial charge in [-0.05, 0) is 30.9 Å². The zero-order valence-electron chi connectivity index (χ0n) is 28.8. The van der Waals surface area contributed by atoms with Gasteiger partial charge in [0.2, 0.25) is 17.7 Å². The van der Waals surface area contributed by atoms with Gasteiger partial charge in [0.05, 0.1) is 22.7 Å². The van der Waals surface area contributed by atoms with Crippen LogP contribution in [0.3, 0.4) is 0 Å². The minimum absolute atomic E-state index is 0.131. The Morgan fingerprint density at radius 3 is 2.70 bits per heavy atom. The summed E-state index contributed by atoms with van der Waals surface area (Å²) in [6, 6.07) is -3.07. The Kier molecular flexibility index (Phi) is 4.75. The van der Waals surface area contributed by atoms with Crippen molar-refractivity contribution in [3.05, 3.63) is 58.8 Å². The number of hydrogen-bond acceptors (Lipinski definition) is 5. The van der Waals surface area contributed by atoms with Crippen molar-refractivity contribution in [2.45, 2.75) is 63.1 Å². The lowest BCUT2D eigenvalue weighted by molar-refractivity contribution is -0.134. The summed E-state index contributed by atoms with van der Waals surface area (Å²) in [5.74, 6) is -7.79. The van der Waals surface area contributed by atoms with E-state index in [-0.39, 0.29) is 30.2 Å². The maximum absolute atomic E-state index is 15.6. The van der Waals surface area contributed by atoms with Crippen LogP contribution in [0.1, 0.15) is 54.3 Å². The summed E-state index contributed by atoms with van der Waals surface area (Å²) >= 11 is 0. The van der Waals surface area contributed by atoms with Crippen LogP contribution in [0.4, 0.5) is 24.5 Å². The van der Waals surface area contributed by atoms with Crippen molar-refractivity contribution in [1.29, 1.82) is 5.26 Å². The first-order valence-corrected chi connectivity index (χ1v) is 12.6. The maximum Gasteiger partial charge on any atom is 0.246 e. The van der Waals surface area contributed by atoms with Gasteiger partial charge in [0, 0.05) is 47.8 Å². The average molecular weight is 561 g/mol. The van der Waals surface area contributed by atoms with E-state index in [2.05, 4.69) is 5.32 Å². The normalized spacial score (nSPS) is 28.4. The van der Waals surface area contributed by atoms with Gasteiger partial charge in [0.15, 0.2) is 11.6 Å². The maximum atomic E-state index is 15.6. The van der Waals surface area contributed by atoms with Crippen LogP contribution in [0.25, 0.3) is 0 Å². The second kappa shape index (κ2) is 9.54. The monoisotopic (exact) mass is 560 g/mol. The molecule has 3 aliphatic heterocycles. The van der Waals surface area contributed by atoms with Crippen molar-refractivity contribution < 1.29 is 37.2 Å². The Labute approximate surface area is 240 Å². The fraction of sp³-hybridized carbons (Fsp3) is 0.448. The number of carbonyl (C=O) groups excluding carboxylic acids is 3. The third-order valence-electron chi connectivity index (χ3n) is 8.06. The minimum atomic E-state index is -3.04. The first-order valence-electron chi connectivity index (χ1n) is 16.1. The summed E-state index contributed by atoms with van der Waals surface area (Å²) in [7, 11) is 0. The topological polar surface area (TPSA) is 106 Å². The van der Waals surface area contributed by atoms with Gasteiger partial charge in [-0.25, -0.2) is 13.2 Å². The molecule has 40 heavy (non-hydrogen) atoms. The Bertz CT molecular complexity index is 1790. The van der Waals surface area contributed by atoms with Crippen LogP contribution in [-0.4, -0.2) is 53.8 Å². The summed E-state index contributed by atoms with van der Waals surface area (Å²) in [4.78, 5) is 43.6. The lowest BCUT2D eigenvalue weighted by Gasteiger charge is -2.43. The van der Waals surface area contributed by atoms with E-state index < -0.39 is 119 Å². The van der Waals surface area contributed by atoms with Crippen LogP contribution in [0.2, 0.25) is 0 Å². The predicted octanol–water partition coefficient (Wildman–Crippen LogP) is 3.40. The standard InChI is InChI=1S/C29H30F3N5O3/c1-15(2)9-22(37-24-17(12-28(37,3)26(39)34-4)19(30)10-20(31)23(24)32)25(38)36-14-29(11-16(36)13-33)18-7-5-6-8-21(18)35-27(29)40/h5-8,10,15-16,22H,9,11-12,14H2,1-4H3,(H,34,39)(H,35,40)/t16-,22?,28-,29-/m0/s1/i4D3,5D,6D,7D,8D. The highest BCUT2D eigenvalue weighted by molar-refractivity contribution is 6.07. The number of anilines is 2. The number of nitrogens with zero attached hydrogens (tertiary/aromatic N) is 3. The van der Waals surface area contributed by atoms with Crippen LogP contribution in [-0.2, 0) is 26.2 Å². The highest BCUT2D eigenvalue weighted by atomic mass is 19.2. The number of likely N-dealkylation sites (N-methyl/N-ethyl adjacent to an activating group) is 1. The van der Waals surface area contributed by atoms with Gasteiger partial charge in [-0.2, -0.15) is 5.26 Å². The summed E-state index contributed by atoms with van der Waals surface area (Å²) in [6.45, 7) is 0.902. The van der Waals surface area contributed by atoms with Crippen molar-refractivity contribution in [1.82, 2.24) is 10.2 Å². The molecule has 0 radical (unpaired) electrons. The molecule has 3 heterocycles. The number of benzene rings is 2. The predicted molar refractivity (Wildman–Crippen MR) is 141 cm³/mol. The van der Waals surface area contributed by atoms with Crippen LogP contribution < -0.4 is 15.5 Å². The zero-order chi connectivity index (χ0) is 35.1. The van der Waals surface area contributed by atoms with E-state index in [1.165, 1.54) is 0 Å². The molecule has 1 saturated heterocycles. The highest BCUT2D eigenvalue weighted by Gasteiger charge is 2.59. The molecule has 4 atom stereocenters. The fourth-order valence-corrected chi connectivity index (χ4v) is 6.20. The van der Waals surface area contributed by atoms with E-state index in [1.54, 1.807) is 13.8 Å². The molecule has 5 rings (SSSR count). The lowest BCUT2D eigenvalue weighted by Crippen LogP contribution is -2.63. The van der Waals surface area contributed by atoms with Gasteiger partial charge in [0.25, 0.3) is 0 Å². The largest absolute Gasteiger partial charge is 0.357 e. The second-order valence-electron chi connectivity index (χ2n) is 11.0. The molecule has 1 spiro atoms. The number of likely N-dealkylation sites (tertiary alicyclic amines) is 1. The number of amides is 3. The summed E-state index contributed by atoms with van der Waals surface area (Å²) in [6.07, 6.45) is -1.21. The Morgan fingerprint density at radius 2 is 2.02 bits per heavy atom. The van der Waals surface area contributed by atoms with Gasteiger partial charge in [-0.3, -0.25) is 14.4 Å². The van der Waals surface area contributed by atoms with E-state index >= 15 is 8.78 Å². The minimum Gasteiger partial charge on any atom is -0.357 e. The molecule has 3 amide bonds.